The van der Waals surface area contributed by atoms with Crippen LogP contribution in [0, 0.1) is 0 Å². The molecule has 0 aromatic carbocycles. The molecule has 0 N–H and O–H groups in total. The largest absolute Gasteiger partial charge is 0.458 e. The summed E-state index contributed by atoms with van der Waals surface area (Å²) < 4.78 is 27.2. The standard InChI is InChI=1S/C17H44O4Si5/c1-11-15-22(21-25(8,9)10)26(16-13-12-14-18-26)17(19-23(2,3)4)20-24(5,6)7/h17,22H,11-16H2,1-10H3. The van der Waals surface area contributed by atoms with Crippen molar-refractivity contribution in [3.05, 3.63) is 0 Å². The van der Waals surface area contributed by atoms with E-state index in [2.05, 4.69) is 65.8 Å². The minimum absolute atomic E-state index is 0.124. The van der Waals surface area contributed by atoms with Gasteiger partial charge in [0.2, 0.25) is 0 Å². The van der Waals surface area contributed by atoms with Gasteiger partial charge in [-0.15, -0.1) is 0 Å². The highest BCUT2D eigenvalue weighted by atomic mass is 29.3. The second-order valence-corrected chi connectivity index (χ2v) is 34.2. The van der Waals surface area contributed by atoms with Gasteiger partial charge in [-0.3, -0.25) is 0 Å². The summed E-state index contributed by atoms with van der Waals surface area (Å²) in [5.41, 5.74) is 0. The van der Waals surface area contributed by atoms with Crippen molar-refractivity contribution in [2.45, 2.75) is 103 Å². The van der Waals surface area contributed by atoms with Crippen LogP contribution in [0.15, 0.2) is 0 Å². The smallest absolute Gasteiger partial charge is 0.263 e. The minimum Gasteiger partial charge on any atom is -0.458 e. The Hall–Kier alpha value is 0.924. The van der Waals surface area contributed by atoms with Crippen LogP contribution in [-0.2, 0) is 17.4 Å². The van der Waals surface area contributed by atoms with Crippen molar-refractivity contribution in [2.24, 2.45) is 0 Å². The molecule has 0 saturated carbocycles. The van der Waals surface area contributed by atoms with Gasteiger partial charge in [-0.05, 0) is 77.4 Å². The van der Waals surface area contributed by atoms with Crippen LogP contribution >= 0.6 is 0 Å². The van der Waals surface area contributed by atoms with Gasteiger partial charge in [0.15, 0.2) is 33.5 Å². The van der Waals surface area contributed by atoms with E-state index in [1.54, 1.807) is 0 Å². The average Bonchev–Trinajstić information content (AvgIpc) is 2.42. The molecule has 4 nitrogen and oxygen atoms in total. The van der Waals surface area contributed by atoms with E-state index < -0.39 is 41.3 Å². The van der Waals surface area contributed by atoms with Gasteiger partial charge in [0.05, 0.1) is 0 Å². The summed E-state index contributed by atoms with van der Waals surface area (Å²) in [6.45, 7) is 23.7. The maximum Gasteiger partial charge on any atom is 0.263 e. The Kier molecular flexibility index (Phi) is 9.23. The fraction of sp³-hybridized carbons (Fsp3) is 1.00. The maximum absolute atomic E-state index is 6.92. The van der Waals surface area contributed by atoms with Gasteiger partial charge in [-0.2, -0.15) is 0 Å². The Morgan fingerprint density at radius 2 is 1.42 bits per heavy atom. The molecule has 1 saturated heterocycles. The van der Waals surface area contributed by atoms with E-state index in [0.717, 1.165) is 12.7 Å². The normalized spacial score (nSPS) is 24.1. The zero-order valence-corrected chi connectivity index (χ0v) is 24.2. The molecule has 1 fully saturated rings. The Labute approximate surface area is 168 Å². The van der Waals surface area contributed by atoms with E-state index in [-0.39, 0.29) is 5.91 Å². The van der Waals surface area contributed by atoms with Crippen molar-refractivity contribution < 1.29 is 17.4 Å². The summed E-state index contributed by atoms with van der Waals surface area (Å²) in [7, 11) is -8.88. The second kappa shape index (κ2) is 9.62. The highest BCUT2D eigenvalue weighted by Gasteiger charge is 2.56. The highest BCUT2D eigenvalue weighted by molar-refractivity contribution is 7.29. The summed E-state index contributed by atoms with van der Waals surface area (Å²) in [4.78, 5) is 0. The van der Waals surface area contributed by atoms with Crippen molar-refractivity contribution in [1.29, 1.82) is 0 Å². The fourth-order valence-electron chi connectivity index (χ4n) is 3.39. The summed E-state index contributed by atoms with van der Waals surface area (Å²) in [6.07, 6.45) is 3.59. The van der Waals surface area contributed by atoms with Crippen LogP contribution in [-0.4, -0.2) is 53.9 Å². The molecule has 0 radical (unpaired) electrons. The number of rotatable bonds is 10. The highest BCUT2D eigenvalue weighted by Crippen LogP contribution is 2.36. The van der Waals surface area contributed by atoms with Crippen molar-refractivity contribution in [3.63, 3.8) is 0 Å². The summed E-state index contributed by atoms with van der Waals surface area (Å²) in [5, 5.41) is 0. The van der Waals surface area contributed by atoms with Crippen LogP contribution in [0.3, 0.4) is 0 Å². The Morgan fingerprint density at radius 1 is 0.885 bits per heavy atom. The molecule has 1 rings (SSSR count). The molecule has 0 aromatic rings. The van der Waals surface area contributed by atoms with Gasteiger partial charge in [0.1, 0.15) is 5.91 Å². The van der Waals surface area contributed by atoms with Gasteiger partial charge in [0.25, 0.3) is 7.83 Å². The van der Waals surface area contributed by atoms with Crippen molar-refractivity contribution in [3.8, 4) is 0 Å². The van der Waals surface area contributed by atoms with E-state index in [1.165, 1.54) is 25.3 Å². The summed E-state index contributed by atoms with van der Waals surface area (Å²) in [5.74, 6) is -0.124. The molecule has 1 aliphatic heterocycles. The molecule has 26 heavy (non-hydrogen) atoms. The predicted octanol–water partition coefficient (Wildman–Crippen LogP) is 5.37. The molecule has 0 spiro atoms. The third kappa shape index (κ3) is 8.52. The van der Waals surface area contributed by atoms with Crippen LogP contribution in [0.25, 0.3) is 0 Å². The van der Waals surface area contributed by atoms with Gasteiger partial charge in [0, 0.05) is 6.61 Å². The van der Waals surface area contributed by atoms with E-state index in [0.29, 0.717) is 0 Å². The number of hydrogen-bond acceptors (Lipinski definition) is 4. The van der Waals surface area contributed by atoms with E-state index in [1.807, 2.05) is 0 Å². The van der Waals surface area contributed by atoms with Crippen molar-refractivity contribution in [1.82, 2.24) is 0 Å². The molecule has 2 unspecified atom stereocenters. The first-order chi connectivity index (χ1) is 11.7. The van der Waals surface area contributed by atoms with Crippen LogP contribution in [0.4, 0.5) is 0 Å². The first-order valence-electron chi connectivity index (χ1n) is 10.4. The molecule has 0 aliphatic carbocycles. The lowest BCUT2D eigenvalue weighted by atomic mass is 10.4. The molecule has 2 atom stereocenters. The second-order valence-electron chi connectivity index (χ2n) is 10.6. The molecule has 9 heteroatoms. The van der Waals surface area contributed by atoms with Crippen LogP contribution in [0.5, 0.6) is 0 Å². The fourth-order valence-corrected chi connectivity index (χ4v) is 28.9. The molecule has 1 heterocycles. The predicted molar refractivity (Wildman–Crippen MR) is 125 cm³/mol. The quantitative estimate of drug-likeness (QED) is 0.329. The molecule has 0 aromatic heterocycles. The van der Waals surface area contributed by atoms with Gasteiger partial charge >= 0.3 is 0 Å². The maximum atomic E-state index is 6.92. The Balaban J connectivity index is 3.33. The molecular formula is C17H44O4Si5. The summed E-state index contributed by atoms with van der Waals surface area (Å²) >= 11 is 0. The molecular weight excluding hydrogens is 409 g/mol. The van der Waals surface area contributed by atoms with Gasteiger partial charge < -0.3 is 17.4 Å². The van der Waals surface area contributed by atoms with Gasteiger partial charge in [-0.25, -0.2) is 0 Å². The zero-order chi connectivity index (χ0) is 20.2. The average molecular weight is 453 g/mol. The van der Waals surface area contributed by atoms with Crippen molar-refractivity contribution in [2.75, 3.05) is 6.61 Å². The first-order valence-corrected chi connectivity index (χ1v) is 25.9. The van der Waals surface area contributed by atoms with Crippen molar-refractivity contribution >= 4 is 41.3 Å². The third-order valence-electron chi connectivity index (χ3n) is 4.24. The van der Waals surface area contributed by atoms with E-state index in [4.69, 9.17) is 17.4 Å². The molecule has 0 bridgehead atoms. The van der Waals surface area contributed by atoms with Crippen LogP contribution in [0.1, 0.15) is 26.2 Å². The van der Waals surface area contributed by atoms with Crippen LogP contribution in [0.2, 0.25) is 71.0 Å². The minimum atomic E-state index is -2.22. The van der Waals surface area contributed by atoms with E-state index >= 15 is 0 Å². The lowest BCUT2D eigenvalue weighted by Crippen LogP contribution is -2.70. The summed E-state index contributed by atoms with van der Waals surface area (Å²) in [6, 6.07) is 2.35. The van der Waals surface area contributed by atoms with Crippen LogP contribution < -0.4 is 0 Å². The Morgan fingerprint density at radius 3 is 1.77 bits per heavy atom. The molecule has 0 amide bonds. The van der Waals surface area contributed by atoms with E-state index in [9.17, 15) is 0 Å². The SMILES string of the molecule is CCC[SiH](O[Si](C)(C)C)[Si]1(C(O[Si](C)(C)C)O[Si](C)(C)C)CCCCO1. The zero-order valence-electron chi connectivity index (χ0n) is 19.0. The van der Waals surface area contributed by atoms with Gasteiger partial charge in [-0.1, -0.05) is 19.8 Å². The topological polar surface area (TPSA) is 36.9 Å². The lowest BCUT2D eigenvalue weighted by molar-refractivity contribution is 0.0318. The Bertz CT molecular complexity index is 406. The third-order valence-corrected chi connectivity index (χ3v) is 23.0. The first kappa shape index (κ1) is 25.0. The monoisotopic (exact) mass is 452 g/mol. The molecule has 1 aliphatic rings. The lowest BCUT2D eigenvalue weighted by Gasteiger charge is -2.49. The molecule has 156 valence electrons. The number of hydrogen-bond donors (Lipinski definition) is 0.